The number of nitrogens with zero attached hydrogens (tertiary/aromatic N) is 9. The number of hydrogen-bond donors (Lipinski definition) is 5. The van der Waals surface area contributed by atoms with Crippen LogP contribution in [0.5, 0.6) is 0 Å². The number of benzene rings is 1. The van der Waals surface area contributed by atoms with Gasteiger partial charge < -0.3 is 34.6 Å². The Labute approximate surface area is 340 Å². The lowest BCUT2D eigenvalue weighted by atomic mass is 10.0. The number of H-pyrrole nitrogens is 1. The summed E-state index contributed by atoms with van der Waals surface area (Å²) < 4.78 is 52.4. The van der Waals surface area contributed by atoms with Crippen LogP contribution in [0, 0.1) is 18.4 Å². The van der Waals surface area contributed by atoms with Crippen LogP contribution in [0.1, 0.15) is 43.6 Å². The number of carbonyl (C=O) groups excluding carboxylic acids is 2. The first-order valence-corrected chi connectivity index (χ1v) is 20.1. The SMILES string of the molecule is [C-]#[N+]CCOP(=O)(OC[C@H]1O[C@@H](n2cnc3c(=O)[nH]c(NC(=O)C(C)C)nc32)[C@H](O)[C@@H]1OC)O[C@H]1[C@@H](C)[C@H](n2cnc3c(NC(=O)c4ccccc4)nnnc32)O[C@@H]1CO. The Kier molecular flexibility index (Phi) is 12.7. The van der Waals surface area contributed by atoms with Crippen molar-refractivity contribution < 1.29 is 52.1 Å². The van der Waals surface area contributed by atoms with Crippen molar-refractivity contribution in [3.8, 4) is 0 Å². The Morgan fingerprint density at radius 3 is 2.43 bits per heavy atom. The molecule has 318 valence electrons. The molecule has 2 aliphatic heterocycles. The summed E-state index contributed by atoms with van der Waals surface area (Å²) in [6.07, 6.45) is -5.42. The molecular weight excluding hydrogens is 811 g/mol. The van der Waals surface area contributed by atoms with Gasteiger partial charge in [-0.15, -0.1) is 10.2 Å². The topological polar surface area (TPSA) is 296 Å². The van der Waals surface area contributed by atoms with Crippen LogP contribution in [0.3, 0.4) is 0 Å². The number of carbonyl (C=O) groups is 2. The highest BCUT2D eigenvalue weighted by molar-refractivity contribution is 7.48. The van der Waals surface area contributed by atoms with Crippen LogP contribution in [0.2, 0.25) is 0 Å². The van der Waals surface area contributed by atoms with Crippen molar-refractivity contribution in [3.63, 3.8) is 0 Å². The van der Waals surface area contributed by atoms with Gasteiger partial charge in [0.05, 0.1) is 25.9 Å². The molecule has 24 nitrogen and oxygen atoms in total. The number of aromatic amines is 1. The standard InChI is InChI=1S/C35H41N12O12P/c1-17(2)30(50)41-35-40-28-23(32(52)42-35)38-16-46(28)34-24(49)26(54-5)21(58-34)14-56-60(53,55-12-11-36-4)59-25-18(3)33(57-20(25)13-48)47-15-37-22-27(43-45-44-29(22)47)39-31(51)19-9-7-6-8-10-19/h6-10,15-18,20-21,24-26,33-34,48-49H,11-14H2,1-3,5H3,(H,39,43,44,51)(H2,40,41,42,50,52)/t18-,20-,21-,24-,25+,26-,33-,34-,60?/m1/s1. The van der Waals surface area contributed by atoms with Gasteiger partial charge in [0.2, 0.25) is 18.4 Å². The van der Waals surface area contributed by atoms with E-state index in [0.29, 0.717) is 5.56 Å². The smallest absolute Gasteiger partial charge is 0.394 e. The molecule has 2 fully saturated rings. The molecule has 5 aromatic rings. The van der Waals surface area contributed by atoms with E-state index in [-0.39, 0.29) is 47.2 Å². The quantitative estimate of drug-likeness (QED) is 0.0533. The van der Waals surface area contributed by atoms with Gasteiger partial charge in [-0.3, -0.25) is 47.4 Å². The molecule has 0 bridgehead atoms. The van der Waals surface area contributed by atoms with Crippen molar-refractivity contribution in [2.75, 3.05) is 44.1 Å². The molecular formula is C35H41N12O12P. The summed E-state index contributed by atoms with van der Waals surface area (Å²) in [6.45, 7) is 10.5. The first-order chi connectivity index (χ1) is 28.9. The number of aliphatic hydroxyl groups is 2. The molecule has 5 N–H and O–H groups in total. The third-order valence-corrected chi connectivity index (χ3v) is 11.3. The second-order valence-electron chi connectivity index (χ2n) is 14.1. The number of ether oxygens (including phenoxy) is 3. The highest BCUT2D eigenvalue weighted by atomic mass is 31.2. The highest BCUT2D eigenvalue weighted by Gasteiger charge is 2.50. The van der Waals surface area contributed by atoms with Crippen molar-refractivity contribution in [1.29, 1.82) is 0 Å². The van der Waals surface area contributed by atoms with Crippen LogP contribution >= 0.6 is 7.82 Å². The van der Waals surface area contributed by atoms with Crippen molar-refractivity contribution in [3.05, 3.63) is 70.3 Å². The summed E-state index contributed by atoms with van der Waals surface area (Å²) in [5.41, 5.74) is -0.0164. The van der Waals surface area contributed by atoms with E-state index in [9.17, 15) is 29.2 Å². The zero-order valence-corrected chi connectivity index (χ0v) is 33.4. The van der Waals surface area contributed by atoms with Gasteiger partial charge in [-0.2, -0.15) is 4.98 Å². The Hall–Kier alpha value is -5.61. The highest BCUT2D eigenvalue weighted by Crippen LogP contribution is 2.55. The van der Waals surface area contributed by atoms with Crippen LogP contribution in [0.25, 0.3) is 27.2 Å². The summed E-state index contributed by atoms with van der Waals surface area (Å²) in [4.78, 5) is 56.5. The fraction of sp³-hybridized carbons (Fsp3) is 0.486. The zero-order chi connectivity index (χ0) is 42.7. The Morgan fingerprint density at radius 1 is 1.02 bits per heavy atom. The van der Waals surface area contributed by atoms with Crippen LogP contribution in [0.15, 0.2) is 47.8 Å². The minimum Gasteiger partial charge on any atom is -0.394 e. The van der Waals surface area contributed by atoms with Crippen molar-refractivity contribution in [1.82, 2.24) is 44.5 Å². The first-order valence-electron chi connectivity index (χ1n) is 18.6. The molecule has 0 aliphatic carbocycles. The number of imidazole rings is 2. The van der Waals surface area contributed by atoms with E-state index in [4.69, 9.17) is 34.4 Å². The number of nitrogens with one attached hydrogen (secondary N) is 3. The molecule has 2 amide bonds. The lowest BCUT2D eigenvalue weighted by Gasteiger charge is -2.27. The molecule has 25 heteroatoms. The Balaban J connectivity index is 1.09. The van der Waals surface area contributed by atoms with Gasteiger partial charge in [0, 0.05) is 24.5 Å². The van der Waals surface area contributed by atoms with Gasteiger partial charge in [0.25, 0.3) is 11.5 Å². The molecule has 1 unspecified atom stereocenters. The summed E-state index contributed by atoms with van der Waals surface area (Å²) in [7, 11) is -3.32. The molecule has 60 heavy (non-hydrogen) atoms. The van der Waals surface area contributed by atoms with Crippen molar-refractivity contribution >= 4 is 53.7 Å². The number of phosphoric acid groups is 1. The van der Waals surface area contributed by atoms with E-state index in [1.165, 1.54) is 28.9 Å². The molecule has 2 saturated heterocycles. The third-order valence-electron chi connectivity index (χ3n) is 9.80. The molecule has 4 aromatic heterocycles. The molecule has 6 heterocycles. The zero-order valence-electron chi connectivity index (χ0n) is 32.5. The molecule has 9 atom stereocenters. The van der Waals surface area contributed by atoms with Gasteiger partial charge in [0.15, 0.2) is 34.4 Å². The van der Waals surface area contributed by atoms with Crippen LogP contribution in [0.4, 0.5) is 11.8 Å². The third kappa shape index (κ3) is 8.53. The minimum atomic E-state index is -4.63. The number of amides is 2. The van der Waals surface area contributed by atoms with E-state index in [0.717, 1.165) is 0 Å². The van der Waals surface area contributed by atoms with Gasteiger partial charge in [-0.1, -0.05) is 39.0 Å². The number of methoxy groups -OCH3 is 1. The fourth-order valence-electron chi connectivity index (χ4n) is 6.75. The van der Waals surface area contributed by atoms with Gasteiger partial charge in [-0.05, 0) is 17.3 Å². The minimum absolute atomic E-state index is 0.0179. The lowest BCUT2D eigenvalue weighted by Crippen LogP contribution is -2.36. The maximum absolute atomic E-state index is 14.4. The van der Waals surface area contributed by atoms with Crippen LogP contribution < -0.4 is 16.2 Å². The molecule has 1 aromatic carbocycles. The van der Waals surface area contributed by atoms with Crippen molar-refractivity contribution in [2.45, 2.75) is 63.7 Å². The lowest BCUT2D eigenvalue weighted by molar-refractivity contribution is -0.118. The second-order valence-corrected chi connectivity index (χ2v) is 15.7. The van der Waals surface area contributed by atoms with Crippen LogP contribution in [-0.4, -0.2) is 131 Å². The van der Waals surface area contributed by atoms with E-state index in [1.807, 2.05) is 0 Å². The first kappa shape index (κ1) is 42.5. The molecule has 2 aliphatic rings. The number of aliphatic hydroxyl groups excluding tert-OH is 2. The number of fused-ring (bicyclic) bond motifs is 2. The van der Waals surface area contributed by atoms with Crippen LogP contribution in [-0.2, 0) is 37.1 Å². The van der Waals surface area contributed by atoms with Gasteiger partial charge in [0.1, 0.15) is 43.4 Å². The van der Waals surface area contributed by atoms with E-state index in [1.54, 1.807) is 51.1 Å². The summed E-state index contributed by atoms with van der Waals surface area (Å²) in [5.74, 6) is -2.06. The average Bonchev–Trinajstić information content (AvgIpc) is 4.01. The Bertz CT molecular complexity index is 2490. The van der Waals surface area contributed by atoms with E-state index in [2.05, 4.69) is 50.8 Å². The predicted octanol–water partition coefficient (Wildman–Crippen LogP) is 1.45. The maximum atomic E-state index is 14.4. The normalized spacial score (nSPS) is 25.1. The number of aromatic nitrogens is 9. The Morgan fingerprint density at radius 2 is 1.73 bits per heavy atom. The second kappa shape index (κ2) is 17.9. The number of anilines is 2. The van der Waals surface area contributed by atoms with Crippen molar-refractivity contribution in [2.24, 2.45) is 11.8 Å². The van der Waals surface area contributed by atoms with Gasteiger partial charge in [-0.25, -0.2) is 21.1 Å². The van der Waals surface area contributed by atoms with Gasteiger partial charge >= 0.3 is 7.82 Å². The monoisotopic (exact) mass is 852 g/mol. The average molecular weight is 853 g/mol. The maximum Gasteiger partial charge on any atom is 0.475 e. The fourth-order valence-corrected chi connectivity index (χ4v) is 8.20. The summed E-state index contributed by atoms with van der Waals surface area (Å²) in [5, 5.41) is 38.8. The summed E-state index contributed by atoms with van der Waals surface area (Å²) >= 11 is 0. The number of phosphoric ester groups is 1. The predicted molar refractivity (Wildman–Crippen MR) is 206 cm³/mol. The molecule has 0 spiro atoms. The van der Waals surface area contributed by atoms with E-state index < -0.39 is 93.2 Å². The number of rotatable bonds is 16. The van der Waals surface area contributed by atoms with E-state index >= 15 is 0 Å². The summed E-state index contributed by atoms with van der Waals surface area (Å²) in [6, 6.07) is 8.46. The molecule has 0 saturated carbocycles. The number of hydrogen-bond acceptors (Lipinski definition) is 18. The molecule has 7 rings (SSSR count). The largest absolute Gasteiger partial charge is 0.475 e. The molecule has 0 radical (unpaired) electrons.